The van der Waals surface area contributed by atoms with Crippen LogP contribution in [0.3, 0.4) is 0 Å². The van der Waals surface area contributed by atoms with Crippen LogP contribution < -0.4 is 14.8 Å². The summed E-state index contributed by atoms with van der Waals surface area (Å²) in [5.41, 5.74) is 1.05. The summed E-state index contributed by atoms with van der Waals surface area (Å²) < 4.78 is 34.8. The van der Waals surface area contributed by atoms with Crippen LogP contribution in [0, 0.1) is 0 Å². The minimum Gasteiger partial charge on any atom is -0.486 e. The van der Waals surface area contributed by atoms with Gasteiger partial charge < -0.3 is 14.8 Å². The highest BCUT2D eigenvalue weighted by Gasteiger charge is 2.27. The average molecular weight is 362 g/mol. The van der Waals surface area contributed by atoms with E-state index in [1.807, 2.05) is 12.1 Å². The minimum absolute atomic E-state index is 0.0481. The van der Waals surface area contributed by atoms with Crippen molar-refractivity contribution in [2.24, 2.45) is 0 Å². The molecule has 0 saturated carbocycles. The molecule has 5 nitrogen and oxygen atoms in total. The number of hydrogen-bond donors (Lipinski definition) is 1. The number of rotatable bonds is 3. The van der Waals surface area contributed by atoms with Crippen LogP contribution in [0.4, 0.5) is 0 Å². The van der Waals surface area contributed by atoms with Crippen LogP contribution in [0.2, 0.25) is 0 Å². The molecule has 1 N–H and O–H groups in total. The van der Waals surface area contributed by atoms with Crippen LogP contribution in [0.15, 0.2) is 16.6 Å². The van der Waals surface area contributed by atoms with Gasteiger partial charge in [-0.25, -0.2) is 8.42 Å². The van der Waals surface area contributed by atoms with E-state index in [0.29, 0.717) is 26.2 Å². The van der Waals surface area contributed by atoms with E-state index in [0.717, 1.165) is 21.5 Å². The van der Waals surface area contributed by atoms with Gasteiger partial charge in [0.15, 0.2) is 21.3 Å². The summed E-state index contributed by atoms with van der Waals surface area (Å²) in [5.74, 6) is 2.00. The number of sulfone groups is 1. The number of nitrogens with one attached hydrogen (secondary N) is 1. The third-order valence-corrected chi connectivity index (χ3v) is 5.84. The van der Waals surface area contributed by atoms with E-state index in [1.54, 1.807) is 0 Å². The molecule has 0 bridgehead atoms. The molecule has 1 aromatic rings. The topological polar surface area (TPSA) is 64.6 Å². The third kappa shape index (κ3) is 3.10. The van der Waals surface area contributed by atoms with Gasteiger partial charge in [-0.05, 0) is 40.0 Å². The van der Waals surface area contributed by atoms with Gasteiger partial charge in [0.05, 0.1) is 16.0 Å². The highest BCUT2D eigenvalue weighted by molar-refractivity contribution is 9.10. The van der Waals surface area contributed by atoms with Crippen molar-refractivity contribution in [2.45, 2.75) is 19.0 Å². The third-order valence-electron chi connectivity index (χ3n) is 3.48. The molecule has 1 unspecified atom stereocenters. The molecule has 2 aliphatic heterocycles. The molecule has 1 aromatic carbocycles. The molecule has 0 aromatic heterocycles. The Bertz CT molecular complexity index is 617. The maximum Gasteiger partial charge on any atom is 0.175 e. The van der Waals surface area contributed by atoms with Crippen molar-refractivity contribution < 1.29 is 17.9 Å². The highest BCUT2D eigenvalue weighted by atomic mass is 79.9. The number of benzene rings is 1. The molecule has 3 rings (SSSR count). The van der Waals surface area contributed by atoms with Gasteiger partial charge >= 0.3 is 0 Å². The SMILES string of the molecule is O=S1(=O)CCC(NCc2cc(Br)c3c(c2)OCCO3)C1. The van der Waals surface area contributed by atoms with Gasteiger partial charge in [0, 0.05) is 12.6 Å². The molecule has 0 aliphatic carbocycles. The molecule has 7 heteroatoms. The molecule has 2 aliphatic rings. The second kappa shape index (κ2) is 5.54. The van der Waals surface area contributed by atoms with Crippen molar-refractivity contribution in [3.05, 3.63) is 22.2 Å². The lowest BCUT2D eigenvalue weighted by atomic mass is 10.1. The summed E-state index contributed by atoms with van der Waals surface area (Å²) in [7, 11) is -2.84. The van der Waals surface area contributed by atoms with Crippen LogP contribution in [0.1, 0.15) is 12.0 Å². The number of ether oxygens (including phenoxy) is 2. The summed E-state index contributed by atoms with van der Waals surface area (Å²) in [6.45, 7) is 1.73. The fourth-order valence-electron chi connectivity index (χ4n) is 2.48. The van der Waals surface area contributed by atoms with Gasteiger partial charge in [-0.1, -0.05) is 0 Å². The molecule has 0 amide bonds. The molecule has 110 valence electrons. The largest absolute Gasteiger partial charge is 0.486 e. The lowest BCUT2D eigenvalue weighted by Crippen LogP contribution is -2.29. The number of fused-ring (bicyclic) bond motifs is 1. The van der Waals surface area contributed by atoms with Crippen molar-refractivity contribution in [1.29, 1.82) is 0 Å². The quantitative estimate of drug-likeness (QED) is 0.883. The normalized spacial score (nSPS) is 23.8. The van der Waals surface area contributed by atoms with Crippen LogP contribution in [0.25, 0.3) is 0 Å². The first kappa shape index (κ1) is 14.2. The lowest BCUT2D eigenvalue weighted by molar-refractivity contribution is 0.170. The van der Waals surface area contributed by atoms with E-state index in [-0.39, 0.29) is 17.5 Å². The molecule has 1 saturated heterocycles. The Hall–Kier alpha value is -0.790. The molecule has 20 heavy (non-hydrogen) atoms. The summed E-state index contributed by atoms with van der Waals surface area (Å²) in [5, 5.41) is 3.29. The molecule has 2 heterocycles. The van der Waals surface area contributed by atoms with Crippen molar-refractivity contribution in [1.82, 2.24) is 5.32 Å². The monoisotopic (exact) mass is 361 g/mol. The zero-order valence-electron chi connectivity index (χ0n) is 10.9. The Labute approximate surface area is 126 Å². The first-order valence-corrected chi connectivity index (χ1v) is 9.17. The molecular weight excluding hydrogens is 346 g/mol. The summed E-state index contributed by atoms with van der Waals surface area (Å²) in [6.07, 6.45) is 0.689. The Morgan fingerprint density at radius 2 is 2.10 bits per heavy atom. The van der Waals surface area contributed by atoms with Crippen LogP contribution in [-0.4, -0.2) is 39.2 Å². The zero-order valence-corrected chi connectivity index (χ0v) is 13.3. The minimum atomic E-state index is -2.84. The predicted octanol–water partition coefficient (Wildman–Crippen LogP) is 1.50. The molecule has 0 spiro atoms. The highest BCUT2D eigenvalue weighted by Crippen LogP contribution is 2.38. The maximum atomic E-state index is 11.4. The average Bonchev–Trinajstić information content (AvgIpc) is 2.76. The Morgan fingerprint density at radius 1 is 1.30 bits per heavy atom. The van der Waals surface area contributed by atoms with Gasteiger partial charge in [-0.15, -0.1) is 0 Å². The van der Waals surface area contributed by atoms with Crippen molar-refractivity contribution in [3.63, 3.8) is 0 Å². The second-order valence-electron chi connectivity index (χ2n) is 5.08. The molecule has 0 radical (unpaired) electrons. The summed E-state index contributed by atoms with van der Waals surface area (Å²) in [4.78, 5) is 0. The first-order valence-electron chi connectivity index (χ1n) is 6.55. The Kier molecular flexibility index (Phi) is 3.92. The zero-order chi connectivity index (χ0) is 14.2. The summed E-state index contributed by atoms with van der Waals surface area (Å²) in [6, 6.07) is 3.96. The second-order valence-corrected chi connectivity index (χ2v) is 8.17. The van der Waals surface area contributed by atoms with Crippen LogP contribution in [-0.2, 0) is 16.4 Å². The van der Waals surface area contributed by atoms with Gasteiger partial charge in [0.1, 0.15) is 13.2 Å². The van der Waals surface area contributed by atoms with E-state index < -0.39 is 9.84 Å². The first-order chi connectivity index (χ1) is 9.53. The number of halogens is 1. The molecule has 1 fully saturated rings. The van der Waals surface area contributed by atoms with E-state index in [9.17, 15) is 8.42 Å². The van der Waals surface area contributed by atoms with Gasteiger partial charge in [-0.2, -0.15) is 0 Å². The van der Waals surface area contributed by atoms with E-state index in [1.165, 1.54) is 0 Å². The summed E-state index contributed by atoms with van der Waals surface area (Å²) >= 11 is 3.48. The van der Waals surface area contributed by atoms with Gasteiger partial charge in [0.25, 0.3) is 0 Å². The van der Waals surface area contributed by atoms with Crippen molar-refractivity contribution in [2.75, 3.05) is 24.7 Å². The predicted molar refractivity (Wildman–Crippen MR) is 79.0 cm³/mol. The van der Waals surface area contributed by atoms with E-state index in [4.69, 9.17) is 9.47 Å². The van der Waals surface area contributed by atoms with Gasteiger partial charge in [0.2, 0.25) is 0 Å². The molecular formula is C13H16BrNO4S. The van der Waals surface area contributed by atoms with Crippen molar-refractivity contribution in [3.8, 4) is 11.5 Å². The van der Waals surface area contributed by atoms with Crippen LogP contribution in [0.5, 0.6) is 11.5 Å². The Morgan fingerprint density at radius 3 is 2.85 bits per heavy atom. The molecule has 1 atom stereocenters. The number of hydrogen-bond acceptors (Lipinski definition) is 5. The fourth-order valence-corrected chi connectivity index (χ4v) is 4.80. The lowest BCUT2D eigenvalue weighted by Gasteiger charge is -2.21. The van der Waals surface area contributed by atoms with E-state index >= 15 is 0 Å². The van der Waals surface area contributed by atoms with Crippen LogP contribution >= 0.6 is 15.9 Å². The standard InChI is InChI=1S/C13H16BrNO4S/c14-11-5-9(6-12-13(11)19-3-2-18-12)7-15-10-1-4-20(16,17)8-10/h5-6,10,15H,1-4,7-8H2. The fraction of sp³-hybridized carbons (Fsp3) is 0.538. The van der Waals surface area contributed by atoms with E-state index in [2.05, 4.69) is 21.2 Å². The maximum absolute atomic E-state index is 11.4. The van der Waals surface area contributed by atoms with Crippen molar-refractivity contribution >= 4 is 25.8 Å². The van der Waals surface area contributed by atoms with Gasteiger partial charge in [-0.3, -0.25) is 0 Å². The Balaban J connectivity index is 1.68. The smallest absolute Gasteiger partial charge is 0.175 e.